The van der Waals surface area contributed by atoms with Gasteiger partial charge in [0, 0.05) is 18.0 Å². The van der Waals surface area contributed by atoms with Gasteiger partial charge in [0.2, 0.25) is 5.91 Å². The Labute approximate surface area is 164 Å². The molecule has 0 aliphatic carbocycles. The van der Waals surface area contributed by atoms with E-state index in [0.29, 0.717) is 22.9 Å². The number of aromatic nitrogens is 1. The van der Waals surface area contributed by atoms with Gasteiger partial charge in [-0.05, 0) is 42.5 Å². The minimum absolute atomic E-state index is 0.0201. The van der Waals surface area contributed by atoms with E-state index in [-0.39, 0.29) is 22.6 Å². The molecule has 0 bridgehead atoms. The molecule has 9 heteroatoms. The molecule has 0 fully saturated rings. The summed E-state index contributed by atoms with van der Waals surface area (Å²) in [7, 11) is 2.81. The van der Waals surface area contributed by atoms with E-state index in [0.717, 1.165) is 6.07 Å². The number of nitrogens with zero attached hydrogens (tertiary/aromatic N) is 1. The molecule has 0 atom stereocenters. The van der Waals surface area contributed by atoms with Crippen molar-refractivity contribution < 1.29 is 27.4 Å². The van der Waals surface area contributed by atoms with Crippen LogP contribution >= 0.6 is 0 Å². The molecule has 0 unspecified atom stereocenters. The molecule has 0 spiro atoms. The number of ether oxygens (including phenoxy) is 2. The van der Waals surface area contributed by atoms with Crippen molar-refractivity contribution in [3.8, 4) is 11.5 Å². The van der Waals surface area contributed by atoms with E-state index in [9.17, 15) is 18.0 Å². The van der Waals surface area contributed by atoms with E-state index in [4.69, 9.17) is 9.47 Å². The number of nitrogens with one attached hydrogen (secondary N) is 2. The predicted molar refractivity (Wildman–Crippen MR) is 104 cm³/mol. The second-order valence-electron chi connectivity index (χ2n) is 6.16. The fraction of sp³-hybridized carbons (Fsp3) is 0.200. The number of alkyl halides is 3. The lowest BCUT2D eigenvalue weighted by molar-refractivity contribution is -0.136. The summed E-state index contributed by atoms with van der Waals surface area (Å²) in [6, 6.07) is 9.97. The first-order chi connectivity index (χ1) is 13.7. The molecular formula is C20H18F3N3O3. The Balaban J connectivity index is 2.10. The van der Waals surface area contributed by atoms with E-state index in [1.165, 1.54) is 39.3 Å². The number of hydrogen-bond donors (Lipinski definition) is 2. The quantitative estimate of drug-likeness (QED) is 0.627. The van der Waals surface area contributed by atoms with Crippen LogP contribution in [0.25, 0.3) is 10.9 Å². The summed E-state index contributed by atoms with van der Waals surface area (Å²) in [6.07, 6.45) is -4.59. The molecule has 0 radical (unpaired) electrons. The van der Waals surface area contributed by atoms with Gasteiger partial charge in [-0.1, -0.05) is 0 Å². The van der Waals surface area contributed by atoms with Crippen molar-refractivity contribution in [1.29, 1.82) is 0 Å². The van der Waals surface area contributed by atoms with Gasteiger partial charge in [0.1, 0.15) is 17.3 Å². The lowest BCUT2D eigenvalue weighted by Crippen LogP contribution is -2.09. The summed E-state index contributed by atoms with van der Waals surface area (Å²) in [6.45, 7) is 1.35. The smallest absolute Gasteiger partial charge is 0.417 e. The van der Waals surface area contributed by atoms with Crippen LogP contribution < -0.4 is 20.1 Å². The molecule has 1 aromatic heterocycles. The number of benzene rings is 2. The topological polar surface area (TPSA) is 72.5 Å². The normalized spacial score (nSPS) is 11.2. The van der Waals surface area contributed by atoms with E-state index in [1.807, 2.05) is 0 Å². The third kappa shape index (κ3) is 4.50. The van der Waals surface area contributed by atoms with Gasteiger partial charge in [0.05, 0.1) is 31.0 Å². The van der Waals surface area contributed by atoms with Crippen molar-refractivity contribution in [2.75, 3.05) is 24.9 Å². The van der Waals surface area contributed by atoms with Crippen LogP contribution in [0.2, 0.25) is 0 Å². The fourth-order valence-corrected chi connectivity index (χ4v) is 2.86. The summed E-state index contributed by atoms with van der Waals surface area (Å²) in [5, 5.41) is 5.39. The lowest BCUT2D eigenvalue weighted by atomic mass is 10.1. The first-order valence-corrected chi connectivity index (χ1v) is 8.50. The van der Waals surface area contributed by atoms with Gasteiger partial charge in [-0.15, -0.1) is 0 Å². The largest absolute Gasteiger partial charge is 0.497 e. The van der Waals surface area contributed by atoms with Crippen LogP contribution in [0.3, 0.4) is 0 Å². The molecule has 1 heterocycles. The molecule has 6 nitrogen and oxygen atoms in total. The number of methoxy groups -OCH3 is 2. The van der Waals surface area contributed by atoms with Crippen LogP contribution in [0.1, 0.15) is 12.5 Å². The number of fused-ring (bicyclic) bond motifs is 1. The van der Waals surface area contributed by atoms with Crippen molar-refractivity contribution in [2.45, 2.75) is 13.1 Å². The van der Waals surface area contributed by atoms with Crippen LogP contribution in [-0.2, 0) is 11.0 Å². The number of amides is 1. The van der Waals surface area contributed by atoms with Gasteiger partial charge in [-0.3, -0.25) is 4.79 Å². The number of carbonyl (C=O) groups excluding carboxylic acids is 1. The summed E-state index contributed by atoms with van der Waals surface area (Å²) in [5.74, 6) is 0.381. The molecule has 3 aromatic rings. The Bertz CT molecular complexity index is 1070. The maximum Gasteiger partial charge on any atom is 0.417 e. The molecular weight excluding hydrogens is 387 g/mol. The first kappa shape index (κ1) is 20.2. The van der Waals surface area contributed by atoms with Gasteiger partial charge < -0.3 is 20.1 Å². The lowest BCUT2D eigenvalue weighted by Gasteiger charge is -2.16. The standard InChI is InChI=1S/C20H18F3N3O3/c1-11(27)24-12-4-7-18(29-3)17(8-12)26-19-10-15(20(21,22)23)14-9-13(28-2)5-6-16(14)25-19/h4-10H,1-3H3,(H,24,27)(H,25,26). The van der Waals surface area contributed by atoms with E-state index < -0.39 is 11.7 Å². The Morgan fingerprint density at radius 3 is 2.41 bits per heavy atom. The number of hydrogen-bond acceptors (Lipinski definition) is 5. The molecule has 0 aliphatic rings. The summed E-state index contributed by atoms with van der Waals surface area (Å²) in [5.41, 5.74) is 0.121. The van der Waals surface area contributed by atoms with E-state index in [2.05, 4.69) is 15.6 Å². The molecule has 1 amide bonds. The first-order valence-electron chi connectivity index (χ1n) is 8.50. The molecule has 2 N–H and O–H groups in total. The van der Waals surface area contributed by atoms with Gasteiger partial charge in [-0.2, -0.15) is 13.2 Å². The van der Waals surface area contributed by atoms with Gasteiger partial charge in [0.25, 0.3) is 0 Å². The monoisotopic (exact) mass is 405 g/mol. The number of halogens is 3. The summed E-state index contributed by atoms with van der Waals surface area (Å²) >= 11 is 0. The highest BCUT2D eigenvalue weighted by molar-refractivity contribution is 5.90. The van der Waals surface area contributed by atoms with Gasteiger partial charge >= 0.3 is 6.18 Å². The maximum atomic E-state index is 13.7. The highest BCUT2D eigenvalue weighted by atomic mass is 19.4. The number of carbonyl (C=O) groups is 1. The van der Waals surface area contributed by atoms with Crippen molar-refractivity contribution >= 4 is 34.0 Å². The zero-order valence-electron chi connectivity index (χ0n) is 15.8. The minimum Gasteiger partial charge on any atom is -0.497 e. The Morgan fingerprint density at radius 1 is 1.03 bits per heavy atom. The van der Waals surface area contributed by atoms with Crippen LogP contribution in [0.4, 0.5) is 30.4 Å². The number of anilines is 3. The van der Waals surface area contributed by atoms with E-state index >= 15 is 0 Å². The van der Waals surface area contributed by atoms with Crippen molar-refractivity contribution in [3.63, 3.8) is 0 Å². The van der Waals surface area contributed by atoms with Gasteiger partial charge in [0.15, 0.2) is 0 Å². The zero-order valence-corrected chi connectivity index (χ0v) is 15.8. The molecule has 152 valence electrons. The maximum absolute atomic E-state index is 13.7. The van der Waals surface area contributed by atoms with Crippen LogP contribution in [0.15, 0.2) is 42.5 Å². The van der Waals surface area contributed by atoms with Crippen molar-refractivity contribution in [1.82, 2.24) is 4.98 Å². The highest BCUT2D eigenvalue weighted by Crippen LogP contribution is 2.38. The molecule has 29 heavy (non-hydrogen) atoms. The average molecular weight is 405 g/mol. The SMILES string of the molecule is COc1ccc2nc(Nc3cc(NC(C)=O)ccc3OC)cc(C(F)(F)F)c2c1. The molecule has 3 rings (SSSR count). The van der Waals surface area contributed by atoms with Crippen molar-refractivity contribution in [3.05, 3.63) is 48.0 Å². The summed E-state index contributed by atoms with van der Waals surface area (Å²) < 4.78 is 51.3. The fourth-order valence-electron chi connectivity index (χ4n) is 2.86. The Hall–Kier alpha value is -3.49. The van der Waals surface area contributed by atoms with E-state index in [1.54, 1.807) is 18.2 Å². The highest BCUT2D eigenvalue weighted by Gasteiger charge is 2.33. The average Bonchev–Trinajstić information content (AvgIpc) is 2.66. The van der Waals surface area contributed by atoms with Crippen molar-refractivity contribution in [2.24, 2.45) is 0 Å². The molecule has 0 aliphatic heterocycles. The third-order valence-corrected chi connectivity index (χ3v) is 4.10. The van der Waals surface area contributed by atoms with Crippen LogP contribution in [-0.4, -0.2) is 25.1 Å². The van der Waals surface area contributed by atoms with Crippen LogP contribution in [0, 0.1) is 0 Å². The second-order valence-corrected chi connectivity index (χ2v) is 6.16. The minimum atomic E-state index is -4.59. The number of rotatable bonds is 5. The molecule has 2 aromatic carbocycles. The second kappa shape index (κ2) is 7.86. The Morgan fingerprint density at radius 2 is 1.79 bits per heavy atom. The van der Waals surface area contributed by atoms with Gasteiger partial charge in [-0.25, -0.2) is 4.98 Å². The molecule has 0 saturated heterocycles. The third-order valence-electron chi connectivity index (χ3n) is 4.10. The predicted octanol–water partition coefficient (Wildman–Crippen LogP) is 4.97. The number of pyridine rings is 1. The summed E-state index contributed by atoms with van der Waals surface area (Å²) in [4.78, 5) is 15.6. The van der Waals surface area contributed by atoms with Crippen LogP contribution in [0.5, 0.6) is 11.5 Å². The zero-order chi connectivity index (χ0) is 21.2. The molecule has 0 saturated carbocycles. The Kier molecular flexibility index (Phi) is 5.49.